The number of ether oxygens (including phenoxy) is 1. The second-order valence-electron chi connectivity index (χ2n) is 8.31. The minimum Gasteiger partial charge on any atom is -0.382 e. The first kappa shape index (κ1) is 18.7. The molecule has 0 aliphatic carbocycles. The van der Waals surface area contributed by atoms with E-state index in [1.165, 1.54) is 12.8 Å². The summed E-state index contributed by atoms with van der Waals surface area (Å²) in [5, 5.41) is 7.77. The molecule has 3 nitrogen and oxygen atoms in total. The predicted molar refractivity (Wildman–Crippen MR) is 96.0 cm³/mol. The van der Waals surface area contributed by atoms with Crippen LogP contribution in [0.15, 0.2) is 5.10 Å². The van der Waals surface area contributed by atoms with Crippen LogP contribution in [0.1, 0.15) is 53.9 Å². The summed E-state index contributed by atoms with van der Waals surface area (Å²) < 4.78 is 5.33. The number of nitrogens with zero attached hydrogens (tertiary/aromatic N) is 2. The normalized spacial score (nSPS) is 23.8. The van der Waals surface area contributed by atoms with E-state index < -0.39 is 8.07 Å². The Balaban J connectivity index is 2.92. The molecule has 2 atom stereocenters. The summed E-state index contributed by atoms with van der Waals surface area (Å²) in [4.78, 5) is 0. The van der Waals surface area contributed by atoms with E-state index in [9.17, 15) is 0 Å². The molecule has 1 heterocycles. The molecule has 1 aliphatic heterocycles. The van der Waals surface area contributed by atoms with Gasteiger partial charge in [-0.15, -0.1) is 0 Å². The molecule has 0 N–H and O–H groups in total. The van der Waals surface area contributed by atoms with Crippen LogP contribution in [0.3, 0.4) is 0 Å². The van der Waals surface area contributed by atoms with Gasteiger partial charge in [-0.3, -0.25) is 5.01 Å². The summed E-state index contributed by atoms with van der Waals surface area (Å²) in [6.07, 6.45) is 5.87. The van der Waals surface area contributed by atoms with E-state index in [1.54, 1.807) is 7.11 Å². The molecule has 0 bridgehead atoms. The lowest BCUT2D eigenvalue weighted by Crippen LogP contribution is -2.49. The van der Waals surface area contributed by atoms with E-state index in [0.29, 0.717) is 11.1 Å². The maximum Gasteiger partial charge on any atom is 0.0704 e. The minimum atomic E-state index is -1.48. The molecule has 0 amide bonds. The van der Waals surface area contributed by atoms with Gasteiger partial charge in [0.05, 0.1) is 20.7 Å². The Morgan fingerprint density at radius 1 is 1.29 bits per heavy atom. The van der Waals surface area contributed by atoms with Crippen LogP contribution in [0.2, 0.25) is 23.2 Å². The number of hydrogen-bond donors (Lipinski definition) is 0. The third-order valence-corrected chi connectivity index (χ3v) is 13.3. The van der Waals surface area contributed by atoms with Crippen molar-refractivity contribution in [2.45, 2.75) is 83.1 Å². The van der Waals surface area contributed by atoms with E-state index in [1.807, 2.05) is 0 Å². The fourth-order valence-corrected chi connectivity index (χ4v) is 6.06. The van der Waals surface area contributed by atoms with Crippen molar-refractivity contribution in [2.24, 2.45) is 5.10 Å². The van der Waals surface area contributed by atoms with E-state index in [4.69, 9.17) is 9.84 Å². The molecule has 1 fully saturated rings. The molecule has 0 radical (unpaired) electrons. The van der Waals surface area contributed by atoms with E-state index in [2.05, 4.69) is 58.9 Å². The molecule has 21 heavy (non-hydrogen) atoms. The fourth-order valence-electron chi connectivity index (χ4n) is 3.09. The molecule has 0 spiro atoms. The molecular formula is C17H36N2OSi. The molecule has 0 aromatic carbocycles. The van der Waals surface area contributed by atoms with Crippen molar-refractivity contribution >= 4 is 14.3 Å². The van der Waals surface area contributed by atoms with Crippen molar-refractivity contribution in [1.29, 1.82) is 0 Å². The van der Waals surface area contributed by atoms with Crippen LogP contribution < -0.4 is 0 Å². The first-order chi connectivity index (χ1) is 9.59. The zero-order chi connectivity index (χ0) is 16.3. The average molecular weight is 313 g/mol. The lowest BCUT2D eigenvalue weighted by molar-refractivity contribution is 0.118. The van der Waals surface area contributed by atoms with Crippen molar-refractivity contribution < 1.29 is 4.74 Å². The molecule has 1 saturated heterocycles. The maximum atomic E-state index is 5.33. The molecule has 0 aromatic heterocycles. The largest absolute Gasteiger partial charge is 0.382 e. The molecule has 0 unspecified atom stereocenters. The van der Waals surface area contributed by atoms with Gasteiger partial charge in [-0.05, 0) is 29.3 Å². The van der Waals surface area contributed by atoms with Crippen LogP contribution >= 0.6 is 0 Å². The third kappa shape index (κ3) is 3.89. The molecule has 0 saturated carbocycles. The van der Waals surface area contributed by atoms with Crippen LogP contribution in [0.5, 0.6) is 0 Å². The van der Waals surface area contributed by atoms with Gasteiger partial charge in [0, 0.05) is 19.9 Å². The first-order valence-electron chi connectivity index (χ1n) is 8.40. The molecule has 4 heteroatoms. The summed E-state index contributed by atoms with van der Waals surface area (Å²) in [5.41, 5.74) is 0. The van der Waals surface area contributed by atoms with Crippen molar-refractivity contribution in [3.05, 3.63) is 0 Å². The molecule has 1 rings (SSSR count). The van der Waals surface area contributed by atoms with Crippen LogP contribution in [0.25, 0.3) is 0 Å². The highest BCUT2D eigenvalue weighted by Gasteiger charge is 2.48. The number of hydrogen-bond acceptors (Lipinski definition) is 3. The quantitative estimate of drug-likeness (QED) is 0.521. The summed E-state index contributed by atoms with van der Waals surface area (Å²) >= 11 is 0. The monoisotopic (exact) mass is 312 g/mol. The molecule has 0 aromatic rings. The Morgan fingerprint density at radius 3 is 2.38 bits per heavy atom. The molecular weight excluding hydrogens is 276 g/mol. The summed E-state index contributed by atoms with van der Waals surface area (Å²) in [6, 6.07) is 0.465. The Kier molecular flexibility index (Phi) is 6.07. The number of rotatable bonds is 6. The SMILES string of the molecule is CC[C@@](C)(/C=N/N1CCC[C@H]1COC)[Si](C)(C)C(C)(C)C. The number of hydrazone groups is 1. The van der Waals surface area contributed by atoms with Gasteiger partial charge in [-0.1, -0.05) is 47.7 Å². The average Bonchev–Trinajstić information content (AvgIpc) is 2.82. The van der Waals surface area contributed by atoms with Gasteiger partial charge < -0.3 is 4.74 Å². The number of methoxy groups -OCH3 is 1. The smallest absolute Gasteiger partial charge is 0.0704 e. The third-order valence-electron chi connectivity index (χ3n) is 6.23. The van der Waals surface area contributed by atoms with Crippen LogP contribution in [0, 0.1) is 0 Å². The second kappa shape index (κ2) is 6.82. The van der Waals surface area contributed by atoms with Crippen LogP contribution in [-0.4, -0.2) is 45.6 Å². The topological polar surface area (TPSA) is 24.8 Å². The first-order valence-corrected chi connectivity index (χ1v) is 11.4. The Bertz CT molecular complexity index is 362. The van der Waals surface area contributed by atoms with E-state index in [0.717, 1.165) is 19.6 Å². The maximum absolute atomic E-state index is 5.33. The fraction of sp³-hybridized carbons (Fsp3) is 0.941. The van der Waals surface area contributed by atoms with E-state index >= 15 is 0 Å². The van der Waals surface area contributed by atoms with Crippen molar-refractivity contribution in [3.63, 3.8) is 0 Å². The van der Waals surface area contributed by atoms with Crippen molar-refractivity contribution in [1.82, 2.24) is 5.01 Å². The predicted octanol–water partition coefficient (Wildman–Crippen LogP) is 4.76. The van der Waals surface area contributed by atoms with Gasteiger partial charge in [-0.25, -0.2) is 0 Å². The highest BCUT2D eigenvalue weighted by atomic mass is 28.3. The summed E-state index contributed by atoms with van der Waals surface area (Å²) in [5.74, 6) is 0. The highest BCUT2D eigenvalue weighted by Crippen LogP contribution is 2.52. The van der Waals surface area contributed by atoms with Gasteiger partial charge in [-0.2, -0.15) is 5.10 Å². The standard InChI is InChI=1S/C17H36N2OSi/c1-9-17(5,21(7,8)16(2,3)4)14-18-19-12-10-11-15(19)13-20-6/h14-15H,9-13H2,1-8H3/b18-14+/t15-,17-/m0/s1. The Morgan fingerprint density at radius 2 is 1.90 bits per heavy atom. The minimum absolute atomic E-state index is 0.228. The Hall–Kier alpha value is -0.353. The summed E-state index contributed by atoms with van der Waals surface area (Å²) in [7, 11) is 0.305. The lowest BCUT2D eigenvalue weighted by Gasteiger charge is -2.48. The van der Waals surface area contributed by atoms with E-state index in [-0.39, 0.29) is 5.04 Å². The van der Waals surface area contributed by atoms with Gasteiger partial charge in [0.2, 0.25) is 0 Å². The zero-order valence-corrected chi connectivity index (χ0v) is 16.5. The van der Waals surface area contributed by atoms with Crippen LogP contribution in [0.4, 0.5) is 0 Å². The zero-order valence-electron chi connectivity index (χ0n) is 15.5. The van der Waals surface area contributed by atoms with Crippen molar-refractivity contribution in [3.8, 4) is 0 Å². The van der Waals surface area contributed by atoms with Crippen LogP contribution in [-0.2, 0) is 4.74 Å². The molecule has 124 valence electrons. The van der Waals surface area contributed by atoms with Gasteiger partial charge >= 0.3 is 0 Å². The molecule has 1 aliphatic rings. The lowest BCUT2D eigenvalue weighted by atomic mass is 10.1. The van der Waals surface area contributed by atoms with Gasteiger partial charge in [0.25, 0.3) is 0 Å². The summed E-state index contributed by atoms with van der Waals surface area (Å²) in [6.45, 7) is 18.8. The highest BCUT2D eigenvalue weighted by molar-refractivity contribution is 6.85. The van der Waals surface area contributed by atoms with Crippen molar-refractivity contribution in [2.75, 3.05) is 20.3 Å². The Labute approximate surface area is 133 Å². The second-order valence-corrected chi connectivity index (χ2v) is 14.2. The van der Waals surface area contributed by atoms with Gasteiger partial charge in [0.15, 0.2) is 0 Å². The van der Waals surface area contributed by atoms with Gasteiger partial charge in [0.1, 0.15) is 0 Å².